The summed E-state index contributed by atoms with van der Waals surface area (Å²) in [4.78, 5) is 12.9. The van der Waals surface area contributed by atoms with Crippen molar-refractivity contribution in [3.05, 3.63) is 55.1 Å². The van der Waals surface area contributed by atoms with E-state index in [1.165, 1.54) is 12.5 Å². The van der Waals surface area contributed by atoms with Gasteiger partial charge in [-0.25, -0.2) is 15.0 Å². The second kappa shape index (κ2) is 5.17. The molecule has 0 atom stereocenters. The van der Waals surface area contributed by atoms with E-state index in [4.69, 9.17) is 0 Å². The number of aromatic nitrogens is 5. The third kappa shape index (κ3) is 2.30. The summed E-state index contributed by atoms with van der Waals surface area (Å²) in [5.74, 6) is 0.0802. The zero-order valence-electron chi connectivity index (χ0n) is 12.4. The summed E-state index contributed by atoms with van der Waals surface area (Å²) in [6.07, 6.45) is 4.78. The first-order valence-corrected chi connectivity index (χ1v) is 7.11. The molecule has 23 heavy (non-hydrogen) atoms. The van der Waals surface area contributed by atoms with Gasteiger partial charge in [0.25, 0.3) is 0 Å². The molecule has 0 saturated carbocycles. The smallest absolute Gasteiger partial charge is 0.136 e. The van der Waals surface area contributed by atoms with Gasteiger partial charge < -0.3 is 5.11 Å². The van der Waals surface area contributed by atoms with Crippen molar-refractivity contribution in [2.75, 3.05) is 0 Å². The molecule has 6 nitrogen and oxygen atoms in total. The lowest BCUT2D eigenvalue weighted by Gasteiger charge is -2.05. The lowest BCUT2D eigenvalue weighted by Crippen LogP contribution is -1.92. The summed E-state index contributed by atoms with van der Waals surface area (Å²) in [5.41, 5.74) is 4.65. The maximum Gasteiger partial charge on any atom is 0.136 e. The minimum Gasteiger partial charge on any atom is -0.506 e. The predicted octanol–water partition coefficient (Wildman–Crippen LogP) is 2.80. The maximum atomic E-state index is 9.59. The first kappa shape index (κ1) is 13.4. The second-order valence-electron chi connectivity index (χ2n) is 5.21. The number of benzene rings is 1. The Morgan fingerprint density at radius 3 is 2.65 bits per heavy atom. The van der Waals surface area contributed by atoms with E-state index in [0.29, 0.717) is 16.7 Å². The number of hydrogen-bond donors (Lipinski definition) is 1. The molecule has 0 aliphatic rings. The van der Waals surface area contributed by atoms with Crippen molar-refractivity contribution in [2.24, 2.45) is 7.05 Å². The Hall–Kier alpha value is -3.28. The van der Waals surface area contributed by atoms with Crippen molar-refractivity contribution >= 4 is 11.0 Å². The van der Waals surface area contributed by atoms with E-state index in [1.54, 1.807) is 10.7 Å². The van der Waals surface area contributed by atoms with Gasteiger partial charge in [0, 0.05) is 30.4 Å². The highest BCUT2D eigenvalue weighted by atomic mass is 16.3. The Morgan fingerprint density at radius 2 is 1.83 bits per heavy atom. The molecular weight excluding hydrogens is 290 g/mol. The first-order chi connectivity index (χ1) is 11.2. The maximum absolute atomic E-state index is 9.59. The number of aromatic hydroxyl groups is 1. The van der Waals surface area contributed by atoms with Crippen LogP contribution >= 0.6 is 0 Å². The molecule has 0 amide bonds. The van der Waals surface area contributed by atoms with Crippen LogP contribution in [0.1, 0.15) is 0 Å². The topological polar surface area (TPSA) is 76.7 Å². The average Bonchev–Trinajstić information content (AvgIpc) is 2.96. The lowest BCUT2D eigenvalue weighted by molar-refractivity contribution is 0.473. The fourth-order valence-corrected chi connectivity index (χ4v) is 2.60. The molecule has 0 aliphatic heterocycles. The third-order valence-electron chi connectivity index (χ3n) is 3.59. The van der Waals surface area contributed by atoms with Crippen molar-refractivity contribution in [1.82, 2.24) is 24.7 Å². The average molecular weight is 303 g/mol. The highest BCUT2D eigenvalue weighted by molar-refractivity contribution is 5.93. The Morgan fingerprint density at radius 1 is 1.00 bits per heavy atom. The number of pyridine rings is 1. The summed E-state index contributed by atoms with van der Waals surface area (Å²) in [6.45, 7) is 0. The number of rotatable bonds is 2. The predicted molar refractivity (Wildman–Crippen MR) is 86.6 cm³/mol. The van der Waals surface area contributed by atoms with Crippen LogP contribution in [0.2, 0.25) is 0 Å². The standard InChI is InChI=1S/C17H13N5O/c1-22-9-13(15(21-22)11-5-3-2-4-6-11)16-17-14(19-10-20-16)7-12(23)8-18-17/h2-10,23H,1H3. The van der Waals surface area contributed by atoms with Gasteiger partial charge in [0.1, 0.15) is 29.0 Å². The van der Waals surface area contributed by atoms with E-state index in [2.05, 4.69) is 20.1 Å². The molecule has 1 aromatic carbocycles. The fourth-order valence-electron chi connectivity index (χ4n) is 2.60. The molecule has 1 N–H and O–H groups in total. The van der Waals surface area contributed by atoms with Gasteiger partial charge in [-0.15, -0.1) is 0 Å². The zero-order chi connectivity index (χ0) is 15.8. The highest BCUT2D eigenvalue weighted by Gasteiger charge is 2.16. The van der Waals surface area contributed by atoms with Gasteiger partial charge in [-0.05, 0) is 0 Å². The Labute approximate surface area is 132 Å². The SMILES string of the molecule is Cn1cc(-c2ncnc3cc(O)cnc23)c(-c2ccccc2)n1. The van der Waals surface area contributed by atoms with Crippen molar-refractivity contribution in [2.45, 2.75) is 0 Å². The number of fused-ring (bicyclic) bond motifs is 1. The van der Waals surface area contributed by atoms with Crippen molar-refractivity contribution in [3.8, 4) is 28.3 Å². The third-order valence-corrected chi connectivity index (χ3v) is 3.59. The van der Waals surface area contributed by atoms with Crippen molar-refractivity contribution in [3.63, 3.8) is 0 Å². The van der Waals surface area contributed by atoms with Crippen LogP contribution in [-0.4, -0.2) is 29.8 Å². The van der Waals surface area contributed by atoms with Crippen molar-refractivity contribution < 1.29 is 5.11 Å². The Kier molecular flexibility index (Phi) is 3.01. The molecular formula is C17H13N5O. The monoisotopic (exact) mass is 303 g/mol. The summed E-state index contributed by atoms with van der Waals surface area (Å²) in [7, 11) is 1.87. The van der Waals surface area contributed by atoms with Gasteiger partial charge in [0.2, 0.25) is 0 Å². The van der Waals surface area contributed by atoms with Crippen LogP contribution < -0.4 is 0 Å². The van der Waals surface area contributed by atoms with E-state index in [9.17, 15) is 5.11 Å². The first-order valence-electron chi connectivity index (χ1n) is 7.11. The summed E-state index contributed by atoms with van der Waals surface area (Å²) >= 11 is 0. The number of nitrogens with zero attached hydrogens (tertiary/aromatic N) is 5. The van der Waals surface area contributed by atoms with Gasteiger partial charge in [-0.3, -0.25) is 4.68 Å². The minimum absolute atomic E-state index is 0.0802. The molecule has 0 aliphatic carbocycles. The van der Waals surface area contributed by atoms with Crippen LogP contribution in [-0.2, 0) is 7.05 Å². The highest BCUT2D eigenvalue weighted by Crippen LogP contribution is 2.32. The van der Waals surface area contributed by atoms with E-state index in [1.807, 2.05) is 43.6 Å². The lowest BCUT2D eigenvalue weighted by atomic mass is 10.0. The van der Waals surface area contributed by atoms with Gasteiger partial charge >= 0.3 is 0 Å². The van der Waals surface area contributed by atoms with Crippen molar-refractivity contribution in [1.29, 1.82) is 0 Å². The molecule has 0 radical (unpaired) electrons. The zero-order valence-corrected chi connectivity index (χ0v) is 12.4. The quantitative estimate of drug-likeness (QED) is 0.616. The largest absolute Gasteiger partial charge is 0.506 e. The fraction of sp³-hybridized carbons (Fsp3) is 0.0588. The summed E-state index contributed by atoms with van der Waals surface area (Å²) in [6, 6.07) is 11.5. The number of aryl methyl sites for hydroxylation is 1. The van der Waals surface area contributed by atoms with Gasteiger partial charge in [-0.1, -0.05) is 30.3 Å². The molecule has 0 saturated heterocycles. The van der Waals surface area contributed by atoms with E-state index in [0.717, 1.165) is 16.8 Å². The van der Waals surface area contributed by atoms with Crippen LogP contribution in [0.3, 0.4) is 0 Å². The second-order valence-corrected chi connectivity index (χ2v) is 5.21. The van der Waals surface area contributed by atoms with Gasteiger partial charge in [-0.2, -0.15) is 5.10 Å². The molecule has 6 heteroatoms. The van der Waals surface area contributed by atoms with Crippen LogP contribution in [0.4, 0.5) is 0 Å². The van der Waals surface area contributed by atoms with Crippen LogP contribution in [0.25, 0.3) is 33.5 Å². The Balaban J connectivity index is 1.99. The molecule has 0 unspecified atom stereocenters. The minimum atomic E-state index is 0.0802. The molecule has 0 bridgehead atoms. The molecule has 3 heterocycles. The molecule has 112 valence electrons. The molecule has 0 fully saturated rings. The molecule has 4 aromatic rings. The van der Waals surface area contributed by atoms with Gasteiger partial charge in [0.15, 0.2) is 0 Å². The van der Waals surface area contributed by atoms with E-state index >= 15 is 0 Å². The van der Waals surface area contributed by atoms with Crippen LogP contribution in [0.15, 0.2) is 55.1 Å². The molecule has 4 rings (SSSR count). The normalized spacial score (nSPS) is 11.0. The molecule has 0 spiro atoms. The van der Waals surface area contributed by atoms with Gasteiger partial charge in [0.05, 0.1) is 11.7 Å². The van der Waals surface area contributed by atoms with Crippen LogP contribution in [0.5, 0.6) is 5.75 Å². The molecule has 3 aromatic heterocycles. The number of hydrogen-bond acceptors (Lipinski definition) is 5. The van der Waals surface area contributed by atoms with E-state index < -0.39 is 0 Å². The summed E-state index contributed by atoms with van der Waals surface area (Å²) < 4.78 is 1.76. The van der Waals surface area contributed by atoms with Crippen LogP contribution in [0, 0.1) is 0 Å². The Bertz CT molecular complexity index is 994. The van der Waals surface area contributed by atoms with E-state index in [-0.39, 0.29) is 5.75 Å². The summed E-state index contributed by atoms with van der Waals surface area (Å²) in [5, 5.41) is 14.1.